The number of pyridine rings is 1. The number of aromatic nitrogens is 4. The number of aliphatic hydroxyl groups is 5. The van der Waals surface area contributed by atoms with E-state index in [9.17, 15) is 91.9 Å². The second-order valence-electron chi connectivity index (χ2n) is 34.1. The zero-order valence-electron chi connectivity index (χ0n) is 68.6. The van der Waals surface area contributed by atoms with Crippen LogP contribution < -0.4 is 31.5 Å². The van der Waals surface area contributed by atoms with Crippen molar-refractivity contribution < 1.29 is 111 Å². The minimum absolute atomic E-state index is 0.000145. The van der Waals surface area contributed by atoms with Gasteiger partial charge in [-0.2, -0.15) is 25.3 Å². The fourth-order valence-electron chi connectivity index (χ4n) is 19.2. The Morgan fingerprint density at radius 2 is 1.59 bits per heavy atom. The number of hydrogen-bond acceptors (Lipinski definition) is 26. The van der Waals surface area contributed by atoms with Crippen LogP contribution in [-0.4, -0.2) is 268 Å². The number of benzene rings is 3. The van der Waals surface area contributed by atoms with Crippen molar-refractivity contribution >= 4 is 114 Å². The fourth-order valence-corrected chi connectivity index (χ4v) is 20.8. The number of amides is 7. The van der Waals surface area contributed by atoms with E-state index < -0.39 is 162 Å². The molecule has 3 aromatic carbocycles. The Labute approximate surface area is 708 Å². The third-order valence-corrected chi connectivity index (χ3v) is 26.2. The van der Waals surface area contributed by atoms with Crippen molar-refractivity contribution in [1.29, 1.82) is 0 Å². The normalized spacial score (nSPS) is 25.0. The Morgan fingerprint density at radius 1 is 0.835 bits per heavy atom. The van der Waals surface area contributed by atoms with E-state index in [0.29, 0.717) is 77.0 Å². The highest BCUT2D eigenvalue weighted by molar-refractivity contribution is 7.98. The number of fused-ring (bicyclic) bond motifs is 2. The third-order valence-electron chi connectivity index (χ3n) is 23.9. The molecule has 0 radical (unpaired) electrons. The highest BCUT2D eigenvalue weighted by atomic mass is 32.2. The summed E-state index contributed by atoms with van der Waals surface area (Å²) >= 11 is 2.81. The van der Waals surface area contributed by atoms with E-state index in [1.165, 1.54) is 53.1 Å². The summed E-state index contributed by atoms with van der Waals surface area (Å²) in [5.74, 6) is -6.87. The Hall–Kier alpha value is -9.32. The lowest BCUT2D eigenvalue weighted by atomic mass is 9.39. The summed E-state index contributed by atoms with van der Waals surface area (Å²) in [6.45, 7) is 10.2. The highest BCUT2D eigenvalue weighted by Gasteiger charge is 2.66. The summed E-state index contributed by atoms with van der Waals surface area (Å²) < 4.78 is 59.1. The number of anilines is 3. The number of carboxylic acid groups (broad SMARTS) is 2. The predicted molar refractivity (Wildman–Crippen MR) is 445 cm³/mol. The lowest BCUT2D eigenvalue weighted by Crippen LogP contribution is -2.64. The fraction of sp³-hybridized carbons (Fsp3) is 0.566. The number of rotatable bonds is 38. The number of para-hydroxylation sites is 1. The first-order chi connectivity index (χ1) is 57.4. The first kappa shape index (κ1) is 90.9. The van der Waals surface area contributed by atoms with E-state index in [4.69, 9.17) is 29.0 Å². The van der Waals surface area contributed by atoms with Crippen LogP contribution in [-0.2, 0) is 90.4 Å². The van der Waals surface area contributed by atoms with E-state index in [0.717, 1.165) is 64.0 Å². The molecule has 3 aromatic heterocycles. The van der Waals surface area contributed by atoms with Crippen LogP contribution in [0.2, 0.25) is 0 Å². The Bertz CT molecular complexity index is 4920. The number of carboxylic acids is 2. The van der Waals surface area contributed by atoms with Crippen LogP contribution in [0.5, 0.6) is 0 Å². The van der Waals surface area contributed by atoms with Gasteiger partial charge in [-0.15, -0.1) is 0 Å². The summed E-state index contributed by atoms with van der Waals surface area (Å²) in [5.41, 5.74) is 4.33. The maximum absolute atomic E-state index is 14.6. The molecule has 13 rings (SSSR count). The number of aliphatic carboxylic acids is 1. The van der Waals surface area contributed by atoms with Crippen molar-refractivity contribution in [3.05, 3.63) is 118 Å². The third kappa shape index (κ3) is 21.8. The molecule has 38 heteroatoms. The summed E-state index contributed by atoms with van der Waals surface area (Å²) in [5, 5.41) is 92.7. The Morgan fingerprint density at radius 3 is 2.29 bits per heavy atom. The number of likely N-dealkylation sites (tertiary alicyclic amines) is 1. The molecule has 2 saturated heterocycles. The number of thiazole rings is 1. The largest absolute Gasteiger partial charge is 0.479 e. The van der Waals surface area contributed by atoms with Crippen LogP contribution in [0, 0.1) is 29.1 Å². The molecule has 4 bridgehead atoms. The van der Waals surface area contributed by atoms with Gasteiger partial charge in [-0.1, -0.05) is 69.4 Å². The number of nitrogens with one attached hydrogen (secondary N) is 5. The molecule has 12 atom stereocenters. The van der Waals surface area contributed by atoms with Gasteiger partial charge in [0.15, 0.2) is 16.9 Å². The Kier molecular flexibility index (Phi) is 28.7. The minimum Gasteiger partial charge on any atom is -0.479 e. The van der Waals surface area contributed by atoms with Gasteiger partial charge >= 0.3 is 18.0 Å². The Balaban J connectivity index is 0.702. The molecule has 4 aliphatic carbocycles. The second kappa shape index (κ2) is 38.2. The molecule has 2 unspecified atom stereocenters. The van der Waals surface area contributed by atoms with Crippen molar-refractivity contribution in [2.24, 2.45) is 22.2 Å². The van der Waals surface area contributed by atoms with E-state index in [1.807, 2.05) is 65.2 Å². The molecule has 6 fully saturated rings. The van der Waals surface area contributed by atoms with Gasteiger partial charge in [-0.3, -0.25) is 43.3 Å². The molecule has 35 nitrogen and oxygen atoms in total. The maximum atomic E-state index is 14.6. The van der Waals surface area contributed by atoms with Crippen molar-refractivity contribution in [2.45, 2.75) is 205 Å². The average molecular weight is 1740 g/mol. The van der Waals surface area contributed by atoms with Gasteiger partial charge in [0.05, 0.1) is 79.0 Å². The van der Waals surface area contributed by atoms with Crippen molar-refractivity contribution in [3.8, 4) is 11.1 Å². The lowest BCUT2D eigenvalue weighted by Gasteiger charge is -2.69. The highest BCUT2D eigenvalue weighted by Crippen LogP contribution is 2.72. The number of ether oxygens (including phenoxy) is 4. The molecule has 6 heterocycles. The predicted octanol–water partition coefficient (Wildman–Crippen LogP) is 5.09. The topological polar surface area (TPSA) is 500 Å². The van der Waals surface area contributed by atoms with E-state index >= 15 is 0 Å². The molecule has 13 N–H and O–H groups in total. The summed E-state index contributed by atoms with van der Waals surface area (Å²) in [7, 11) is -4.38. The minimum atomic E-state index is -4.38. The lowest BCUT2D eigenvalue weighted by molar-refractivity contribution is -0.248. The summed E-state index contributed by atoms with van der Waals surface area (Å²) in [4.78, 5) is 136. The summed E-state index contributed by atoms with van der Waals surface area (Å²) in [6.07, 6.45) is -2.20. The van der Waals surface area contributed by atoms with Gasteiger partial charge in [-0.05, 0) is 178 Å². The van der Waals surface area contributed by atoms with Crippen LogP contribution in [0.1, 0.15) is 148 Å². The molecule has 656 valence electrons. The van der Waals surface area contributed by atoms with Crippen molar-refractivity contribution in [2.75, 3.05) is 85.9 Å². The van der Waals surface area contributed by atoms with Gasteiger partial charge in [0, 0.05) is 73.0 Å². The maximum Gasteiger partial charge on any atom is 0.410 e. The second-order valence-corrected chi connectivity index (χ2v) is 37.7. The van der Waals surface area contributed by atoms with Gasteiger partial charge in [0.25, 0.3) is 16.0 Å². The van der Waals surface area contributed by atoms with Crippen LogP contribution in [0.15, 0.2) is 79.0 Å². The van der Waals surface area contributed by atoms with E-state index in [-0.39, 0.29) is 91.9 Å². The summed E-state index contributed by atoms with van der Waals surface area (Å²) in [6, 6.07) is 17.0. The van der Waals surface area contributed by atoms with Gasteiger partial charge in [0.1, 0.15) is 48.9 Å². The van der Waals surface area contributed by atoms with Crippen LogP contribution in [0.3, 0.4) is 0 Å². The number of aliphatic hydroxyl groups excluding tert-OH is 5. The van der Waals surface area contributed by atoms with Crippen molar-refractivity contribution in [1.82, 2.24) is 45.5 Å². The number of carbonyl (C=O) groups is 9. The first-order valence-electron chi connectivity index (χ1n) is 40.6. The van der Waals surface area contributed by atoms with Gasteiger partial charge in [-0.25, -0.2) is 24.4 Å². The molecular formula is C83H108N12O23S3. The number of carbonyl (C=O) groups excluding carboxylic acids is 7. The van der Waals surface area contributed by atoms with Crippen molar-refractivity contribution in [3.63, 3.8) is 0 Å². The van der Waals surface area contributed by atoms with Crippen LogP contribution in [0.4, 0.5) is 21.4 Å². The molecule has 6 aromatic rings. The molecular weight excluding hydrogens is 1630 g/mol. The molecule has 3 aliphatic heterocycles. The zero-order valence-corrected chi connectivity index (χ0v) is 71.0. The molecule has 7 amide bonds. The number of aryl methyl sites for hydroxylation is 1. The SMILES string of the molecule is CSCCC(=O)N[C@H]1C[C@@H](COCCS(=O)(=O)O)N(CC(=O)N[C@H](C(=O)N[C@@H](C)C(=O)Nc2ccc(COC(=O)N(CCOC34CC5(C)CC(C)(CC(Cn6ncc(-c7ccc(N8CCc9cccc(C(=O)Nc%10nc%11ccccc%11s%10)c9C8)nc7C(=O)O)c6C)(C5)C3)C4)CC[C@H](O)CO)c(CC[C@@H]3O[C@H](C(=O)O)[C@@H](O)[C@H](O)[C@H]3O)c2)C(C)C)C1=O. The molecule has 4 saturated carbocycles. The number of aromatic carboxylic acids is 1. The molecule has 7 aliphatic rings. The zero-order chi connectivity index (χ0) is 87.2. The quantitative estimate of drug-likeness (QED) is 0.0177. The number of nitrogens with zero attached hydrogens (tertiary/aromatic N) is 7. The molecule has 0 spiro atoms. The van der Waals surface area contributed by atoms with E-state index in [1.54, 1.807) is 32.2 Å². The molecule has 121 heavy (non-hydrogen) atoms. The van der Waals surface area contributed by atoms with E-state index in [2.05, 4.69) is 45.4 Å². The number of thioether (sulfide) groups is 1. The standard InChI is InChI=1S/C83H108N12O23S3/c1-46(2)66(90-65(99)35-94-53(38-115-28-30-121(112,113)114)32-60(75(94)106)87-64(98)23-29-119-7)74(105)85-47(3)72(103)86-52-17-15-51(50(31-52)16-19-61-68(100)69(101)70(102)71(118-61)77(109)110)37-116-79(111)92(25-22-54(97)36-96)26-27-117-83-42-80(5)39-81(6,43-83)41-82(40-80,44-83)45-95-48(4)57(33-84-95)55-18-20-63(89-67(55)76(107)108)93-24-21-49-11-10-12-56(58(49)34-93)73(104)91-78-88-59-13-8-9-14-62(59)120-78/h8-15,17-18,20,31,33,46-47,53-54,60-61,66,68-71,96-97,100-102H,16,19,21-30,32,34-45H2,1-7H3,(H,85,105)(H,86,103)(H,87,98)(H,90,99)(H,107,108)(H,109,110)(H,88,91,104)(H,112,113,114)/t47-,53-,54-,60-,61-,66-,68-,69+,70-,71-,80?,81?,82?,83?/m0/s1. The monoisotopic (exact) mass is 1740 g/mol. The van der Waals surface area contributed by atoms with Crippen LogP contribution >= 0.6 is 23.1 Å². The first-order valence-corrected chi connectivity index (χ1v) is 44.4. The van der Waals surface area contributed by atoms with Gasteiger partial charge in [0.2, 0.25) is 29.5 Å². The average Bonchev–Trinajstić information content (AvgIpc) is 1.06. The van der Waals surface area contributed by atoms with Gasteiger partial charge < -0.3 is 90.7 Å². The van der Waals surface area contributed by atoms with Crippen LogP contribution in [0.25, 0.3) is 21.3 Å². The smallest absolute Gasteiger partial charge is 0.410 e. The number of hydrogen-bond donors (Lipinski definition) is 13.